The van der Waals surface area contributed by atoms with E-state index >= 15 is 0 Å². The maximum Gasteiger partial charge on any atom is 0.252 e. The second kappa shape index (κ2) is 13.7. The highest BCUT2D eigenvalue weighted by molar-refractivity contribution is 5.94. The maximum absolute atomic E-state index is 13.1. The van der Waals surface area contributed by atoms with Gasteiger partial charge < -0.3 is 30.5 Å². The van der Waals surface area contributed by atoms with E-state index in [2.05, 4.69) is 22.5 Å². The molecule has 0 bridgehead atoms. The van der Waals surface area contributed by atoms with Gasteiger partial charge in [0.2, 0.25) is 17.7 Å². The van der Waals surface area contributed by atoms with Gasteiger partial charge >= 0.3 is 0 Å². The number of hydrogen-bond acceptors (Lipinski definition) is 6. The van der Waals surface area contributed by atoms with E-state index in [9.17, 15) is 19.2 Å². The minimum atomic E-state index is -0.896. The van der Waals surface area contributed by atoms with Crippen molar-refractivity contribution in [3.8, 4) is 0 Å². The smallest absolute Gasteiger partial charge is 0.252 e. The fourth-order valence-electron chi connectivity index (χ4n) is 3.63. The molecule has 1 heterocycles. The van der Waals surface area contributed by atoms with Crippen molar-refractivity contribution in [2.75, 3.05) is 26.7 Å². The number of carbonyl (C=O) groups excluding carboxylic acids is 4. The van der Waals surface area contributed by atoms with E-state index < -0.39 is 35.4 Å². The molecule has 0 spiro atoms. The molecule has 0 radical (unpaired) electrons. The van der Waals surface area contributed by atoms with Crippen molar-refractivity contribution in [1.82, 2.24) is 25.8 Å². The average molecular weight is 514 g/mol. The van der Waals surface area contributed by atoms with Crippen LogP contribution in [0.2, 0.25) is 0 Å². The van der Waals surface area contributed by atoms with E-state index in [4.69, 9.17) is 4.74 Å². The first-order chi connectivity index (χ1) is 17.5. The number of carbonyl (C=O) groups is 4. The summed E-state index contributed by atoms with van der Waals surface area (Å²) in [5.41, 5.74) is 0.341. The number of amides is 4. The zero-order valence-corrected chi connectivity index (χ0v) is 22.3. The molecule has 0 saturated heterocycles. The molecule has 0 fully saturated rings. The Hall–Kier alpha value is -3.50. The highest BCUT2D eigenvalue weighted by Crippen LogP contribution is 2.20. The van der Waals surface area contributed by atoms with Gasteiger partial charge in [-0.05, 0) is 24.9 Å². The van der Waals surface area contributed by atoms with Crippen LogP contribution in [0.15, 0.2) is 55.4 Å². The molecule has 37 heavy (non-hydrogen) atoms. The van der Waals surface area contributed by atoms with Crippen molar-refractivity contribution in [2.45, 2.75) is 52.4 Å². The molecule has 2 rings (SSSR count). The summed E-state index contributed by atoms with van der Waals surface area (Å²) in [5.74, 6) is -1.61. The van der Waals surface area contributed by atoms with Gasteiger partial charge in [0.1, 0.15) is 12.1 Å². The lowest BCUT2D eigenvalue weighted by atomic mass is 9.86. The van der Waals surface area contributed by atoms with Crippen LogP contribution in [0.3, 0.4) is 0 Å². The molecule has 0 saturated carbocycles. The quantitative estimate of drug-likeness (QED) is 0.361. The Morgan fingerprint density at radius 2 is 1.81 bits per heavy atom. The van der Waals surface area contributed by atoms with Gasteiger partial charge in [0.05, 0.1) is 25.8 Å². The third-order valence-electron chi connectivity index (χ3n) is 5.97. The van der Waals surface area contributed by atoms with Crippen LogP contribution in [0.4, 0.5) is 0 Å². The topological polar surface area (TPSA) is 120 Å². The van der Waals surface area contributed by atoms with Crippen molar-refractivity contribution in [3.05, 3.63) is 61.0 Å². The van der Waals surface area contributed by atoms with Crippen molar-refractivity contribution in [3.63, 3.8) is 0 Å². The molecule has 0 unspecified atom stereocenters. The summed E-state index contributed by atoms with van der Waals surface area (Å²) >= 11 is 0. The van der Waals surface area contributed by atoms with Gasteiger partial charge in [0.15, 0.2) is 0 Å². The molecule has 10 nitrogen and oxygen atoms in total. The van der Waals surface area contributed by atoms with Gasteiger partial charge in [-0.15, -0.1) is 6.58 Å². The van der Waals surface area contributed by atoms with Crippen LogP contribution in [0, 0.1) is 5.41 Å². The Balaban J connectivity index is 2.09. The molecular formula is C27H39N5O5. The van der Waals surface area contributed by atoms with Gasteiger partial charge in [-0.3, -0.25) is 19.2 Å². The molecule has 1 aromatic carbocycles. The van der Waals surface area contributed by atoms with Gasteiger partial charge in [0.25, 0.3) is 5.91 Å². The minimum Gasteiger partial charge on any atom is -0.374 e. The second-order valence-corrected chi connectivity index (χ2v) is 9.93. The third kappa shape index (κ3) is 8.54. The zero-order chi connectivity index (χ0) is 27.6. The van der Waals surface area contributed by atoms with Gasteiger partial charge in [-0.2, -0.15) is 0 Å². The van der Waals surface area contributed by atoms with E-state index in [0.29, 0.717) is 6.54 Å². The fraction of sp³-hybridized carbons (Fsp3) is 0.481. The Kier molecular flexibility index (Phi) is 11.0. The Labute approximate surface area is 219 Å². The zero-order valence-electron chi connectivity index (χ0n) is 22.3. The van der Waals surface area contributed by atoms with Gasteiger partial charge in [0, 0.05) is 18.9 Å². The summed E-state index contributed by atoms with van der Waals surface area (Å²) in [4.78, 5) is 54.3. The van der Waals surface area contributed by atoms with E-state index in [1.807, 2.05) is 51.1 Å². The first-order valence-electron chi connectivity index (χ1n) is 12.3. The van der Waals surface area contributed by atoms with Crippen molar-refractivity contribution in [2.24, 2.45) is 5.41 Å². The largest absolute Gasteiger partial charge is 0.374 e. The monoisotopic (exact) mass is 513 g/mol. The molecule has 0 aromatic heterocycles. The Morgan fingerprint density at radius 3 is 2.41 bits per heavy atom. The maximum atomic E-state index is 13.1. The predicted molar refractivity (Wildman–Crippen MR) is 141 cm³/mol. The Morgan fingerprint density at radius 1 is 1.14 bits per heavy atom. The predicted octanol–water partition coefficient (Wildman–Crippen LogP) is 1.15. The highest BCUT2D eigenvalue weighted by atomic mass is 16.5. The molecular weight excluding hydrogens is 474 g/mol. The lowest BCUT2D eigenvalue weighted by Gasteiger charge is -2.35. The fourth-order valence-corrected chi connectivity index (χ4v) is 3.63. The number of nitrogens with zero attached hydrogens (tertiary/aromatic N) is 2. The lowest BCUT2D eigenvalue weighted by molar-refractivity contribution is -0.146. The first kappa shape index (κ1) is 29.7. The van der Waals surface area contributed by atoms with Crippen LogP contribution < -0.4 is 16.0 Å². The molecule has 1 aliphatic heterocycles. The van der Waals surface area contributed by atoms with Crippen LogP contribution >= 0.6 is 0 Å². The number of ether oxygens (including phenoxy) is 1. The molecule has 10 heteroatoms. The number of benzene rings is 1. The van der Waals surface area contributed by atoms with E-state index in [1.54, 1.807) is 20.0 Å². The average Bonchev–Trinajstić information content (AvgIpc) is 2.87. The van der Waals surface area contributed by atoms with Gasteiger partial charge in [-0.25, -0.2) is 0 Å². The van der Waals surface area contributed by atoms with E-state index in [-0.39, 0.29) is 31.6 Å². The van der Waals surface area contributed by atoms with E-state index in [1.165, 1.54) is 22.2 Å². The summed E-state index contributed by atoms with van der Waals surface area (Å²) in [6.45, 7) is 11.0. The van der Waals surface area contributed by atoms with Crippen molar-refractivity contribution < 1.29 is 23.9 Å². The molecule has 3 N–H and O–H groups in total. The van der Waals surface area contributed by atoms with Gasteiger partial charge in [-0.1, -0.05) is 57.2 Å². The van der Waals surface area contributed by atoms with E-state index in [0.717, 1.165) is 5.56 Å². The number of rotatable bonds is 12. The number of likely N-dealkylation sites (N-methyl/N-ethyl adjacent to an activating group) is 1. The SMILES string of the molecule is C=CCN1C=CN(C(=O)CNC(=O)[C@@H](NC(=O)[C@H](C)NC)C(C)(C)C)[C@@H](COCc2ccccc2)C1=O. The standard InChI is InChI=1S/C27H39N5O5/c1-7-13-31-14-15-32(21(26(31)36)18-37-17-20-11-9-8-10-12-20)22(33)16-29-25(35)23(27(3,4)5)30-24(34)19(2)28-6/h7-12,14-15,19,21,23,28H,1,13,16-18H2,2-6H3,(H,29,35)(H,30,34)/t19-,21-,23+/m0/s1. The first-order valence-corrected chi connectivity index (χ1v) is 12.3. The summed E-state index contributed by atoms with van der Waals surface area (Å²) in [6, 6.07) is 7.26. The van der Waals surface area contributed by atoms with Crippen LogP contribution in [-0.2, 0) is 30.5 Å². The lowest BCUT2D eigenvalue weighted by Crippen LogP contribution is -2.58. The molecule has 3 atom stereocenters. The molecule has 1 aliphatic rings. The highest BCUT2D eigenvalue weighted by Gasteiger charge is 2.36. The molecule has 0 aliphatic carbocycles. The summed E-state index contributed by atoms with van der Waals surface area (Å²) in [6.07, 6.45) is 4.61. The minimum absolute atomic E-state index is 0.0199. The normalized spacial score (nSPS) is 17.2. The second-order valence-electron chi connectivity index (χ2n) is 9.93. The van der Waals surface area contributed by atoms with Crippen molar-refractivity contribution >= 4 is 23.6 Å². The van der Waals surface area contributed by atoms with Crippen LogP contribution in [0.25, 0.3) is 0 Å². The summed E-state index contributed by atoms with van der Waals surface area (Å²) in [5, 5.41) is 8.20. The van der Waals surface area contributed by atoms with Crippen LogP contribution in [-0.4, -0.2) is 78.3 Å². The number of nitrogens with one attached hydrogen (secondary N) is 3. The molecule has 1 aromatic rings. The van der Waals surface area contributed by atoms with Crippen LogP contribution in [0.1, 0.15) is 33.3 Å². The summed E-state index contributed by atoms with van der Waals surface area (Å²) in [7, 11) is 1.65. The van der Waals surface area contributed by atoms with Crippen molar-refractivity contribution in [1.29, 1.82) is 0 Å². The number of hydrogen-bond donors (Lipinski definition) is 3. The molecule has 202 valence electrons. The molecule has 4 amide bonds. The van der Waals surface area contributed by atoms with Crippen LogP contribution in [0.5, 0.6) is 0 Å². The Bertz CT molecular complexity index is 989. The third-order valence-corrected chi connectivity index (χ3v) is 5.97. The summed E-state index contributed by atoms with van der Waals surface area (Å²) < 4.78 is 5.78.